The lowest BCUT2D eigenvalue weighted by Gasteiger charge is -2.34. The summed E-state index contributed by atoms with van der Waals surface area (Å²) in [5.74, 6) is -0.149. The van der Waals surface area contributed by atoms with E-state index in [0.717, 1.165) is 38.8 Å². The van der Waals surface area contributed by atoms with Crippen LogP contribution < -0.4 is 5.32 Å². The maximum atomic E-state index is 13.1. The van der Waals surface area contributed by atoms with Gasteiger partial charge in [-0.2, -0.15) is 0 Å². The van der Waals surface area contributed by atoms with E-state index in [1.54, 1.807) is 12.1 Å². The molecule has 0 aromatic heterocycles. The lowest BCUT2D eigenvalue weighted by molar-refractivity contribution is 0.337. The van der Waals surface area contributed by atoms with E-state index in [9.17, 15) is 4.39 Å². The second-order valence-corrected chi connectivity index (χ2v) is 5.07. The van der Waals surface area contributed by atoms with E-state index >= 15 is 0 Å². The minimum Gasteiger partial charge on any atom is -0.316 e. The van der Waals surface area contributed by atoms with Crippen molar-refractivity contribution in [3.05, 3.63) is 35.6 Å². The summed E-state index contributed by atoms with van der Waals surface area (Å²) in [4.78, 5) is 0. The summed E-state index contributed by atoms with van der Waals surface area (Å²) in [6.07, 6.45) is 4.62. The molecule has 0 aliphatic heterocycles. The Morgan fingerprint density at radius 1 is 1.00 bits per heavy atom. The molecule has 1 aromatic carbocycles. The van der Waals surface area contributed by atoms with Crippen molar-refractivity contribution >= 4 is 0 Å². The Morgan fingerprint density at radius 3 is 2.00 bits per heavy atom. The molecule has 1 aromatic rings. The topological polar surface area (TPSA) is 12.0 Å². The lowest BCUT2D eigenvalue weighted by Crippen LogP contribution is -2.38. The molecule has 0 saturated carbocycles. The second-order valence-electron chi connectivity index (χ2n) is 5.07. The maximum Gasteiger partial charge on any atom is 0.123 e. The highest BCUT2D eigenvalue weighted by molar-refractivity contribution is 5.26. The SMILES string of the molecule is CCCC(CCC)(CNCC)c1ccc(F)cc1. The maximum absolute atomic E-state index is 13.1. The third-order valence-electron chi connectivity index (χ3n) is 3.63. The largest absolute Gasteiger partial charge is 0.316 e. The summed E-state index contributed by atoms with van der Waals surface area (Å²) in [5.41, 5.74) is 1.43. The average molecular weight is 251 g/mol. The Kier molecular flexibility index (Phi) is 6.34. The Morgan fingerprint density at radius 2 is 1.56 bits per heavy atom. The third-order valence-corrected chi connectivity index (χ3v) is 3.63. The van der Waals surface area contributed by atoms with Gasteiger partial charge in [0.25, 0.3) is 0 Å². The lowest BCUT2D eigenvalue weighted by atomic mass is 9.73. The van der Waals surface area contributed by atoms with Crippen molar-refractivity contribution in [3.8, 4) is 0 Å². The van der Waals surface area contributed by atoms with Crippen LogP contribution in [0.5, 0.6) is 0 Å². The second kappa shape index (κ2) is 7.52. The van der Waals surface area contributed by atoms with E-state index in [0.29, 0.717) is 0 Å². The molecule has 0 fully saturated rings. The number of hydrogen-bond donors (Lipinski definition) is 1. The number of likely N-dealkylation sites (N-methyl/N-ethyl adjacent to an activating group) is 1. The van der Waals surface area contributed by atoms with Crippen LogP contribution in [-0.2, 0) is 5.41 Å². The summed E-state index contributed by atoms with van der Waals surface area (Å²) < 4.78 is 13.1. The molecule has 0 saturated heterocycles. The van der Waals surface area contributed by atoms with Gasteiger partial charge in [-0.1, -0.05) is 45.7 Å². The van der Waals surface area contributed by atoms with Gasteiger partial charge < -0.3 is 5.32 Å². The number of benzene rings is 1. The number of nitrogens with one attached hydrogen (secondary N) is 1. The predicted molar refractivity (Wildman–Crippen MR) is 76.4 cm³/mol. The van der Waals surface area contributed by atoms with Gasteiger partial charge in [0.05, 0.1) is 0 Å². The van der Waals surface area contributed by atoms with Crippen LogP contribution in [0.2, 0.25) is 0 Å². The van der Waals surface area contributed by atoms with E-state index in [1.807, 2.05) is 12.1 Å². The molecule has 0 aliphatic rings. The van der Waals surface area contributed by atoms with Crippen LogP contribution in [0.15, 0.2) is 24.3 Å². The van der Waals surface area contributed by atoms with Crippen molar-refractivity contribution in [1.29, 1.82) is 0 Å². The third kappa shape index (κ3) is 3.81. The molecule has 0 aliphatic carbocycles. The van der Waals surface area contributed by atoms with Gasteiger partial charge in [0.15, 0.2) is 0 Å². The zero-order chi connectivity index (χ0) is 13.4. The smallest absolute Gasteiger partial charge is 0.123 e. The van der Waals surface area contributed by atoms with Crippen molar-refractivity contribution in [1.82, 2.24) is 5.32 Å². The zero-order valence-electron chi connectivity index (χ0n) is 11.9. The van der Waals surface area contributed by atoms with E-state index in [2.05, 4.69) is 26.1 Å². The van der Waals surface area contributed by atoms with E-state index in [1.165, 1.54) is 5.56 Å². The molecule has 0 unspecified atom stereocenters. The molecule has 0 bridgehead atoms. The molecule has 0 amide bonds. The first-order valence-corrected chi connectivity index (χ1v) is 7.15. The van der Waals surface area contributed by atoms with Gasteiger partial charge in [-0.05, 0) is 37.1 Å². The van der Waals surface area contributed by atoms with Crippen LogP contribution in [-0.4, -0.2) is 13.1 Å². The predicted octanol–water partition coefficient (Wildman–Crippen LogP) is 4.27. The van der Waals surface area contributed by atoms with Crippen LogP contribution >= 0.6 is 0 Å². The molecule has 0 heterocycles. The molecule has 1 N–H and O–H groups in total. The fourth-order valence-corrected chi connectivity index (χ4v) is 2.82. The molecule has 102 valence electrons. The van der Waals surface area contributed by atoms with Gasteiger partial charge >= 0.3 is 0 Å². The van der Waals surface area contributed by atoms with Gasteiger partial charge in [-0.15, -0.1) is 0 Å². The molecule has 1 rings (SSSR count). The van der Waals surface area contributed by atoms with E-state index in [4.69, 9.17) is 0 Å². The first-order valence-electron chi connectivity index (χ1n) is 7.15. The van der Waals surface area contributed by atoms with Crippen LogP contribution in [0.3, 0.4) is 0 Å². The van der Waals surface area contributed by atoms with Crippen LogP contribution in [0.1, 0.15) is 52.0 Å². The Balaban J connectivity index is 3.01. The quantitative estimate of drug-likeness (QED) is 0.727. The van der Waals surface area contributed by atoms with E-state index < -0.39 is 0 Å². The van der Waals surface area contributed by atoms with Crippen LogP contribution in [0, 0.1) is 5.82 Å². The molecular formula is C16H26FN. The van der Waals surface area contributed by atoms with Crippen molar-refractivity contribution in [2.75, 3.05) is 13.1 Å². The highest BCUT2D eigenvalue weighted by Crippen LogP contribution is 2.34. The number of halogens is 1. The summed E-state index contributed by atoms with van der Waals surface area (Å²) in [6, 6.07) is 7.08. The fraction of sp³-hybridized carbons (Fsp3) is 0.625. The van der Waals surface area contributed by atoms with Gasteiger partial charge in [0, 0.05) is 12.0 Å². The van der Waals surface area contributed by atoms with Gasteiger partial charge in [0.2, 0.25) is 0 Å². The number of rotatable bonds is 8. The minimum atomic E-state index is -0.149. The summed E-state index contributed by atoms with van der Waals surface area (Å²) in [6.45, 7) is 8.54. The van der Waals surface area contributed by atoms with E-state index in [-0.39, 0.29) is 11.2 Å². The molecule has 1 nitrogen and oxygen atoms in total. The Labute approximate surface area is 111 Å². The van der Waals surface area contributed by atoms with Crippen molar-refractivity contribution in [3.63, 3.8) is 0 Å². The summed E-state index contributed by atoms with van der Waals surface area (Å²) >= 11 is 0. The first-order chi connectivity index (χ1) is 8.68. The van der Waals surface area contributed by atoms with Gasteiger partial charge in [-0.3, -0.25) is 0 Å². The Bertz CT molecular complexity index is 325. The molecule has 0 atom stereocenters. The average Bonchev–Trinajstić information content (AvgIpc) is 2.37. The first kappa shape index (κ1) is 15.2. The molecule has 2 heteroatoms. The van der Waals surface area contributed by atoms with Crippen LogP contribution in [0.25, 0.3) is 0 Å². The van der Waals surface area contributed by atoms with Crippen molar-refractivity contribution < 1.29 is 4.39 Å². The number of hydrogen-bond acceptors (Lipinski definition) is 1. The zero-order valence-corrected chi connectivity index (χ0v) is 11.9. The van der Waals surface area contributed by atoms with Gasteiger partial charge in [0.1, 0.15) is 5.82 Å². The highest BCUT2D eigenvalue weighted by atomic mass is 19.1. The minimum absolute atomic E-state index is 0.149. The molecule has 0 spiro atoms. The molecule has 18 heavy (non-hydrogen) atoms. The standard InChI is InChI=1S/C16H26FN/c1-4-11-16(12-5-2,13-18-6-3)14-7-9-15(17)10-8-14/h7-10,18H,4-6,11-13H2,1-3H3. The summed E-state index contributed by atoms with van der Waals surface area (Å²) in [7, 11) is 0. The monoisotopic (exact) mass is 251 g/mol. The molecular weight excluding hydrogens is 225 g/mol. The van der Waals surface area contributed by atoms with Crippen LogP contribution in [0.4, 0.5) is 4.39 Å². The normalized spacial score (nSPS) is 11.8. The highest BCUT2D eigenvalue weighted by Gasteiger charge is 2.29. The summed E-state index contributed by atoms with van der Waals surface area (Å²) in [5, 5.41) is 3.48. The van der Waals surface area contributed by atoms with Crippen molar-refractivity contribution in [2.45, 2.75) is 51.9 Å². The fourth-order valence-electron chi connectivity index (χ4n) is 2.82. The van der Waals surface area contributed by atoms with Gasteiger partial charge in [-0.25, -0.2) is 4.39 Å². The Hall–Kier alpha value is -0.890. The van der Waals surface area contributed by atoms with Crippen molar-refractivity contribution in [2.24, 2.45) is 0 Å². The molecule has 0 radical (unpaired) electrons.